The molecule has 1 aliphatic heterocycles. The molecular formula is C19H19N7S. The van der Waals surface area contributed by atoms with E-state index in [-0.39, 0.29) is 0 Å². The summed E-state index contributed by atoms with van der Waals surface area (Å²) in [7, 11) is 0. The van der Waals surface area contributed by atoms with Crippen molar-refractivity contribution in [3.05, 3.63) is 67.4 Å². The van der Waals surface area contributed by atoms with Crippen LogP contribution in [-0.2, 0) is 0 Å². The van der Waals surface area contributed by atoms with E-state index in [0.29, 0.717) is 11.6 Å². The fourth-order valence-corrected chi connectivity index (χ4v) is 3.45. The van der Waals surface area contributed by atoms with Crippen LogP contribution < -0.4 is 10.2 Å². The van der Waals surface area contributed by atoms with Gasteiger partial charge in [-0.2, -0.15) is 0 Å². The van der Waals surface area contributed by atoms with E-state index in [4.69, 9.17) is 0 Å². The summed E-state index contributed by atoms with van der Waals surface area (Å²) < 4.78 is 0. The first-order chi connectivity index (χ1) is 13.2. The maximum absolute atomic E-state index is 4.53. The number of aryl methyl sites for hydroxylation is 1. The number of hydrogen-bond acceptors (Lipinski definition) is 8. The molecule has 0 atom stereocenters. The topological polar surface area (TPSA) is 70.1 Å². The van der Waals surface area contributed by atoms with Crippen molar-refractivity contribution >= 4 is 28.1 Å². The van der Waals surface area contributed by atoms with Gasteiger partial charge in [0, 0.05) is 56.0 Å². The molecule has 4 heterocycles. The number of thiazole rings is 1. The lowest BCUT2D eigenvalue weighted by molar-refractivity contribution is 0.527. The molecule has 3 aromatic heterocycles. The third-order valence-electron chi connectivity index (χ3n) is 4.00. The van der Waals surface area contributed by atoms with Crippen LogP contribution in [0, 0.1) is 6.92 Å². The van der Waals surface area contributed by atoms with Crippen LogP contribution in [0.3, 0.4) is 0 Å². The van der Waals surface area contributed by atoms with Gasteiger partial charge in [0.25, 0.3) is 0 Å². The van der Waals surface area contributed by atoms with Gasteiger partial charge in [0.05, 0.1) is 4.88 Å². The van der Waals surface area contributed by atoms with Gasteiger partial charge in [-0.3, -0.25) is 4.98 Å². The number of anilines is 3. The molecule has 0 aromatic carbocycles. The van der Waals surface area contributed by atoms with Crippen LogP contribution in [0.5, 0.6) is 0 Å². The van der Waals surface area contributed by atoms with Gasteiger partial charge in [0.15, 0.2) is 5.13 Å². The molecule has 0 bridgehead atoms. The fraction of sp³-hybridized carbons (Fsp3) is 0.158. The third kappa shape index (κ3) is 3.95. The molecule has 0 spiro atoms. The van der Waals surface area contributed by atoms with Gasteiger partial charge in [0.1, 0.15) is 17.5 Å². The van der Waals surface area contributed by atoms with Gasteiger partial charge in [0.2, 0.25) is 0 Å². The Kier molecular flexibility index (Phi) is 4.80. The molecule has 7 nitrogen and oxygen atoms in total. The summed E-state index contributed by atoms with van der Waals surface area (Å²) in [5, 5.41) is 4.07. The minimum Gasteiger partial charge on any atom is -0.352 e. The van der Waals surface area contributed by atoms with Crippen molar-refractivity contribution in [2.75, 3.05) is 16.8 Å². The van der Waals surface area contributed by atoms with Crippen LogP contribution in [0.2, 0.25) is 0 Å². The minimum absolute atomic E-state index is 0.695. The van der Waals surface area contributed by atoms with E-state index in [2.05, 4.69) is 37.1 Å². The zero-order chi connectivity index (χ0) is 18.6. The molecule has 27 heavy (non-hydrogen) atoms. The van der Waals surface area contributed by atoms with Crippen LogP contribution in [0.1, 0.15) is 12.7 Å². The lowest BCUT2D eigenvalue weighted by atomic mass is 10.2. The highest BCUT2D eigenvalue weighted by Crippen LogP contribution is 2.30. The van der Waals surface area contributed by atoms with E-state index in [0.717, 1.165) is 27.9 Å². The van der Waals surface area contributed by atoms with E-state index in [9.17, 15) is 0 Å². The first-order valence-electron chi connectivity index (χ1n) is 8.61. The Balaban J connectivity index is 1.54. The Morgan fingerprint density at radius 1 is 1.07 bits per heavy atom. The van der Waals surface area contributed by atoms with E-state index in [1.54, 1.807) is 23.7 Å². The lowest BCUT2D eigenvalue weighted by Gasteiger charge is -2.23. The summed E-state index contributed by atoms with van der Waals surface area (Å²) in [5.41, 5.74) is 1.10. The van der Waals surface area contributed by atoms with Crippen molar-refractivity contribution in [3.8, 4) is 10.4 Å². The van der Waals surface area contributed by atoms with Crippen LogP contribution in [0.25, 0.3) is 10.4 Å². The minimum atomic E-state index is 0.695. The molecule has 136 valence electrons. The molecular weight excluding hydrogens is 358 g/mol. The largest absolute Gasteiger partial charge is 0.352 e. The molecule has 1 aliphatic rings. The van der Waals surface area contributed by atoms with Crippen molar-refractivity contribution in [2.24, 2.45) is 0 Å². The number of aromatic nitrogens is 4. The Hall–Kier alpha value is -3.26. The fourth-order valence-electron chi connectivity index (χ4n) is 2.62. The summed E-state index contributed by atoms with van der Waals surface area (Å²) >= 11 is 1.57. The SMILES string of the molecule is CCN1C=CN(c2cc(Nc3ncc(-c4ccncc4)s3)nc(C)n2)C=C1. The first-order valence-corrected chi connectivity index (χ1v) is 9.42. The van der Waals surface area contributed by atoms with Crippen LogP contribution in [0.4, 0.5) is 16.8 Å². The van der Waals surface area contributed by atoms with Crippen molar-refractivity contribution in [3.63, 3.8) is 0 Å². The predicted molar refractivity (Wildman–Crippen MR) is 109 cm³/mol. The highest BCUT2D eigenvalue weighted by molar-refractivity contribution is 7.18. The Labute approximate surface area is 161 Å². The number of rotatable bonds is 5. The van der Waals surface area contributed by atoms with E-state index >= 15 is 0 Å². The van der Waals surface area contributed by atoms with E-state index in [1.165, 1.54) is 0 Å². The maximum Gasteiger partial charge on any atom is 0.188 e. The zero-order valence-corrected chi connectivity index (χ0v) is 15.9. The second kappa shape index (κ2) is 7.55. The molecule has 4 rings (SSSR count). The second-order valence-corrected chi connectivity index (χ2v) is 6.91. The highest BCUT2D eigenvalue weighted by atomic mass is 32.1. The standard InChI is InChI=1S/C19H19N7S/c1-3-25-8-10-26(11-9-25)18-12-17(22-14(2)23-18)24-19-21-13-16(27-19)15-4-6-20-7-5-15/h4-13H,3H2,1-2H3,(H,21,22,23,24). The van der Waals surface area contributed by atoms with Crippen molar-refractivity contribution in [1.29, 1.82) is 0 Å². The highest BCUT2D eigenvalue weighted by Gasteiger charge is 2.11. The van der Waals surface area contributed by atoms with Crippen LogP contribution >= 0.6 is 11.3 Å². The van der Waals surface area contributed by atoms with Crippen LogP contribution in [-0.4, -0.2) is 31.4 Å². The number of hydrogen-bond donors (Lipinski definition) is 1. The smallest absolute Gasteiger partial charge is 0.188 e. The molecule has 0 radical (unpaired) electrons. The lowest BCUT2D eigenvalue weighted by Crippen LogP contribution is -2.20. The van der Waals surface area contributed by atoms with Gasteiger partial charge in [-0.05, 0) is 31.5 Å². The van der Waals surface area contributed by atoms with Gasteiger partial charge in [-0.25, -0.2) is 15.0 Å². The van der Waals surface area contributed by atoms with Gasteiger partial charge >= 0.3 is 0 Å². The quantitative estimate of drug-likeness (QED) is 0.717. The molecule has 8 heteroatoms. The Morgan fingerprint density at radius 3 is 2.59 bits per heavy atom. The maximum atomic E-state index is 4.53. The van der Waals surface area contributed by atoms with Gasteiger partial charge < -0.3 is 15.1 Å². The van der Waals surface area contributed by atoms with Crippen molar-refractivity contribution < 1.29 is 0 Å². The van der Waals surface area contributed by atoms with Gasteiger partial charge in [-0.1, -0.05) is 11.3 Å². The summed E-state index contributed by atoms with van der Waals surface area (Å²) in [5.74, 6) is 2.22. The number of nitrogens with zero attached hydrogens (tertiary/aromatic N) is 6. The van der Waals surface area contributed by atoms with E-state index < -0.39 is 0 Å². The number of pyridine rings is 1. The number of nitrogens with one attached hydrogen (secondary N) is 1. The van der Waals surface area contributed by atoms with E-state index in [1.807, 2.05) is 61.0 Å². The van der Waals surface area contributed by atoms with Crippen molar-refractivity contribution in [2.45, 2.75) is 13.8 Å². The summed E-state index contributed by atoms with van der Waals surface area (Å²) in [6.45, 7) is 4.92. The summed E-state index contributed by atoms with van der Waals surface area (Å²) in [6.07, 6.45) is 13.4. The van der Waals surface area contributed by atoms with Crippen LogP contribution in [0.15, 0.2) is 61.6 Å². The Morgan fingerprint density at radius 2 is 1.85 bits per heavy atom. The monoisotopic (exact) mass is 377 g/mol. The average molecular weight is 377 g/mol. The van der Waals surface area contributed by atoms with Crippen molar-refractivity contribution in [1.82, 2.24) is 24.8 Å². The average Bonchev–Trinajstić information content (AvgIpc) is 3.17. The van der Waals surface area contributed by atoms with Gasteiger partial charge in [-0.15, -0.1) is 0 Å². The second-order valence-electron chi connectivity index (χ2n) is 5.88. The molecule has 0 amide bonds. The summed E-state index contributed by atoms with van der Waals surface area (Å²) in [6, 6.07) is 5.86. The molecule has 0 unspecified atom stereocenters. The normalized spacial score (nSPS) is 13.3. The molecule has 3 aromatic rings. The first kappa shape index (κ1) is 17.2. The molecule has 1 N–H and O–H groups in total. The molecule has 0 fully saturated rings. The molecule has 0 aliphatic carbocycles. The Bertz CT molecular complexity index is 967. The predicted octanol–water partition coefficient (Wildman–Crippen LogP) is 4.13. The summed E-state index contributed by atoms with van der Waals surface area (Å²) in [4.78, 5) is 22.7. The molecule has 0 saturated carbocycles. The zero-order valence-electron chi connectivity index (χ0n) is 15.1. The third-order valence-corrected chi connectivity index (χ3v) is 4.96. The molecule has 0 saturated heterocycles.